The molecule has 0 saturated heterocycles. The number of carbonyl (C=O) groups is 1. The lowest BCUT2D eigenvalue weighted by Crippen LogP contribution is -2.12. The Hall–Kier alpha value is -1.34. The van der Waals surface area contributed by atoms with Gasteiger partial charge in [0, 0.05) is 0 Å². The predicted octanol–water partition coefficient (Wildman–Crippen LogP) is 1.95. The van der Waals surface area contributed by atoms with E-state index in [9.17, 15) is 4.79 Å². The first-order chi connectivity index (χ1) is 7.27. The van der Waals surface area contributed by atoms with Crippen molar-refractivity contribution >= 4 is 38.9 Å². The first kappa shape index (κ1) is 10.2. The molecule has 2 rings (SSSR count). The van der Waals surface area contributed by atoms with E-state index in [2.05, 4.69) is 36.4 Å². The number of aromatic nitrogens is 3. The van der Waals surface area contributed by atoms with Gasteiger partial charge >= 0.3 is 0 Å². The van der Waals surface area contributed by atoms with Crippen molar-refractivity contribution in [2.45, 2.75) is 0 Å². The van der Waals surface area contributed by atoms with Gasteiger partial charge in [0.05, 0.1) is 23.6 Å². The summed E-state index contributed by atoms with van der Waals surface area (Å²) in [5.41, 5.74) is 2.57. The molecule has 1 amide bonds. The number of hydrogen-bond acceptors (Lipinski definition) is 5. The van der Waals surface area contributed by atoms with Crippen LogP contribution in [-0.2, 0) is 0 Å². The van der Waals surface area contributed by atoms with Crippen molar-refractivity contribution in [1.82, 2.24) is 15.2 Å². The maximum absolute atomic E-state index is 11.7. The van der Waals surface area contributed by atoms with E-state index in [1.165, 1.54) is 23.7 Å². The minimum absolute atomic E-state index is 0.267. The van der Waals surface area contributed by atoms with Crippen LogP contribution < -0.4 is 5.32 Å². The van der Waals surface area contributed by atoms with Crippen molar-refractivity contribution in [2.75, 3.05) is 5.32 Å². The first-order valence-electron chi connectivity index (χ1n) is 3.94. The summed E-state index contributed by atoms with van der Waals surface area (Å²) < 4.78 is 0.710. The topological polar surface area (TPSA) is 67.8 Å². The maximum atomic E-state index is 11.7. The van der Waals surface area contributed by atoms with E-state index in [4.69, 9.17) is 0 Å². The van der Waals surface area contributed by atoms with Crippen LogP contribution in [0.4, 0.5) is 5.69 Å². The first-order valence-corrected chi connectivity index (χ1v) is 5.61. The zero-order valence-electron chi connectivity index (χ0n) is 7.35. The number of thiazole rings is 1. The third-order valence-electron chi connectivity index (χ3n) is 1.58. The van der Waals surface area contributed by atoms with E-state index < -0.39 is 0 Å². The Labute approximate surface area is 97.7 Å². The molecule has 0 aromatic carbocycles. The molecule has 0 bridgehead atoms. The second-order valence-corrected chi connectivity index (χ2v) is 4.73. The molecule has 0 atom stereocenters. The summed E-state index contributed by atoms with van der Waals surface area (Å²) in [6.07, 6.45) is 2.98. The Morgan fingerprint density at radius 2 is 2.33 bits per heavy atom. The fourth-order valence-electron chi connectivity index (χ4n) is 0.935. The highest BCUT2D eigenvalue weighted by Crippen LogP contribution is 2.21. The molecule has 0 aliphatic carbocycles. The van der Waals surface area contributed by atoms with Crippen LogP contribution >= 0.6 is 27.3 Å². The number of nitrogens with one attached hydrogen (secondary N) is 1. The number of amides is 1. The van der Waals surface area contributed by atoms with Crippen LogP contribution in [-0.4, -0.2) is 21.1 Å². The Bertz CT molecular complexity index is 473. The quantitative estimate of drug-likeness (QED) is 0.915. The SMILES string of the molecule is O=C(Nc1ccnnc1)c1ncsc1Br. The van der Waals surface area contributed by atoms with Crippen molar-refractivity contribution in [3.63, 3.8) is 0 Å². The Morgan fingerprint density at radius 1 is 1.47 bits per heavy atom. The molecule has 0 spiro atoms. The minimum Gasteiger partial charge on any atom is -0.319 e. The molecule has 1 N–H and O–H groups in total. The van der Waals surface area contributed by atoms with Crippen LogP contribution in [0.1, 0.15) is 10.5 Å². The molecular weight excluding hydrogens is 280 g/mol. The Kier molecular flexibility index (Phi) is 3.02. The van der Waals surface area contributed by atoms with Gasteiger partial charge in [-0.3, -0.25) is 4.79 Å². The number of hydrogen-bond donors (Lipinski definition) is 1. The lowest BCUT2D eigenvalue weighted by atomic mass is 10.4. The molecule has 15 heavy (non-hydrogen) atoms. The summed E-state index contributed by atoms with van der Waals surface area (Å²) in [6.45, 7) is 0. The highest BCUT2D eigenvalue weighted by atomic mass is 79.9. The van der Waals surface area contributed by atoms with E-state index in [0.29, 0.717) is 15.2 Å². The average Bonchev–Trinajstić information content (AvgIpc) is 2.66. The van der Waals surface area contributed by atoms with E-state index in [-0.39, 0.29) is 5.91 Å². The molecule has 0 aliphatic heterocycles. The number of rotatable bonds is 2. The zero-order valence-corrected chi connectivity index (χ0v) is 9.75. The van der Waals surface area contributed by atoms with Gasteiger partial charge in [-0.15, -0.1) is 11.3 Å². The lowest BCUT2D eigenvalue weighted by Gasteiger charge is -2.01. The average molecular weight is 285 g/mol. The van der Waals surface area contributed by atoms with Crippen molar-refractivity contribution in [3.05, 3.63) is 33.5 Å². The summed E-state index contributed by atoms with van der Waals surface area (Å²) in [4.78, 5) is 15.6. The van der Waals surface area contributed by atoms with Crippen molar-refractivity contribution in [2.24, 2.45) is 0 Å². The molecule has 2 heterocycles. The standard InChI is InChI=1S/C8H5BrN4OS/c9-7-6(10-4-15-7)8(14)13-5-1-2-11-12-3-5/h1-4H,(H,11,13,14). The molecular formula is C8H5BrN4OS. The number of anilines is 1. The summed E-state index contributed by atoms with van der Waals surface area (Å²) in [5, 5.41) is 9.91. The Morgan fingerprint density at radius 3 is 2.93 bits per heavy atom. The molecule has 0 aliphatic rings. The number of nitrogens with zero attached hydrogens (tertiary/aromatic N) is 3. The van der Waals surface area contributed by atoms with Crippen LogP contribution in [0.15, 0.2) is 27.8 Å². The summed E-state index contributed by atoms with van der Waals surface area (Å²) in [6, 6.07) is 1.66. The van der Waals surface area contributed by atoms with Crippen LogP contribution in [0, 0.1) is 0 Å². The smallest absolute Gasteiger partial charge is 0.276 e. The monoisotopic (exact) mass is 284 g/mol. The third-order valence-corrected chi connectivity index (χ3v) is 3.13. The second kappa shape index (κ2) is 4.45. The van der Waals surface area contributed by atoms with Gasteiger partial charge in [0.25, 0.3) is 5.91 Å². The lowest BCUT2D eigenvalue weighted by molar-refractivity contribution is 0.102. The van der Waals surface area contributed by atoms with Gasteiger partial charge < -0.3 is 5.32 Å². The molecule has 7 heteroatoms. The predicted molar refractivity (Wildman–Crippen MR) is 59.8 cm³/mol. The fourth-order valence-corrected chi connectivity index (χ4v) is 1.98. The molecule has 0 radical (unpaired) electrons. The van der Waals surface area contributed by atoms with Crippen molar-refractivity contribution < 1.29 is 4.79 Å². The van der Waals surface area contributed by atoms with Crippen molar-refractivity contribution in [3.8, 4) is 0 Å². The van der Waals surface area contributed by atoms with Gasteiger partial charge in [-0.2, -0.15) is 10.2 Å². The van der Waals surface area contributed by atoms with Gasteiger partial charge in [0.1, 0.15) is 3.79 Å². The third kappa shape index (κ3) is 2.37. The highest BCUT2D eigenvalue weighted by molar-refractivity contribution is 9.11. The van der Waals surface area contributed by atoms with Gasteiger partial charge in [-0.1, -0.05) is 0 Å². The van der Waals surface area contributed by atoms with Gasteiger partial charge in [-0.05, 0) is 22.0 Å². The van der Waals surface area contributed by atoms with Crippen molar-refractivity contribution in [1.29, 1.82) is 0 Å². The molecule has 0 fully saturated rings. The summed E-state index contributed by atoms with van der Waals surface area (Å²) in [5.74, 6) is -0.267. The van der Waals surface area contributed by atoms with Gasteiger partial charge in [-0.25, -0.2) is 4.98 Å². The summed E-state index contributed by atoms with van der Waals surface area (Å²) in [7, 11) is 0. The summed E-state index contributed by atoms with van der Waals surface area (Å²) >= 11 is 4.61. The van der Waals surface area contributed by atoms with Crippen LogP contribution in [0.25, 0.3) is 0 Å². The minimum atomic E-state index is -0.267. The van der Waals surface area contributed by atoms with Crippen LogP contribution in [0.5, 0.6) is 0 Å². The second-order valence-electron chi connectivity index (χ2n) is 2.56. The molecule has 5 nitrogen and oxygen atoms in total. The van der Waals surface area contributed by atoms with Gasteiger partial charge in [0.2, 0.25) is 0 Å². The normalized spacial score (nSPS) is 9.93. The van der Waals surface area contributed by atoms with E-state index in [0.717, 1.165) is 0 Å². The number of carbonyl (C=O) groups excluding carboxylic acids is 1. The molecule has 2 aromatic heterocycles. The van der Waals surface area contributed by atoms with E-state index >= 15 is 0 Å². The zero-order chi connectivity index (χ0) is 10.7. The molecule has 0 saturated carbocycles. The maximum Gasteiger partial charge on any atom is 0.276 e. The van der Waals surface area contributed by atoms with Crippen LogP contribution in [0.3, 0.4) is 0 Å². The molecule has 2 aromatic rings. The van der Waals surface area contributed by atoms with Crippen LogP contribution in [0.2, 0.25) is 0 Å². The van der Waals surface area contributed by atoms with E-state index in [1.54, 1.807) is 11.6 Å². The van der Waals surface area contributed by atoms with E-state index in [1.807, 2.05) is 0 Å². The number of halogens is 1. The Balaban J connectivity index is 2.15. The van der Waals surface area contributed by atoms with Gasteiger partial charge in [0.15, 0.2) is 5.69 Å². The molecule has 0 unspecified atom stereocenters. The molecule has 76 valence electrons. The fraction of sp³-hybridized carbons (Fsp3) is 0. The highest BCUT2D eigenvalue weighted by Gasteiger charge is 2.12. The largest absolute Gasteiger partial charge is 0.319 e.